The van der Waals surface area contributed by atoms with E-state index >= 15 is 0 Å². The Kier molecular flexibility index (Phi) is 4.53. The van der Waals surface area contributed by atoms with Crippen molar-refractivity contribution in [1.82, 2.24) is 34.3 Å². The molecule has 2 aliphatic rings. The van der Waals surface area contributed by atoms with Gasteiger partial charge in [0.2, 0.25) is 0 Å². The van der Waals surface area contributed by atoms with Crippen molar-refractivity contribution in [2.24, 2.45) is 0 Å². The van der Waals surface area contributed by atoms with E-state index in [-0.39, 0.29) is 17.8 Å². The molecule has 7 rings (SSSR count). The molecule has 0 amide bonds. The summed E-state index contributed by atoms with van der Waals surface area (Å²) in [6.07, 6.45) is 5.63. The van der Waals surface area contributed by atoms with Gasteiger partial charge >= 0.3 is 6.61 Å². The average molecular weight is 501 g/mol. The third-order valence-corrected chi connectivity index (χ3v) is 7.07. The number of ether oxygens (including phenoxy) is 1. The van der Waals surface area contributed by atoms with Gasteiger partial charge in [0.1, 0.15) is 23.5 Å². The molecule has 0 saturated carbocycles. The van der Waals surface area contributed by atoms with Gasteiger partial charge in [-0.25, -0.2) is 15.0 Å². The Labute approximate surface area is 209 Å². The molecule has 0 spiro atoms. The second-order valence-electron chi connectivity index (χ2n) is 9.82. The Morgan fingerprint density at radius 1 is 1.08 bits per heavy atom. The largest absolute Gasteiger partial charge is 0.434 e. The molecule has 2 atom stereocenters. The molecule has 0 fully saturated rings. The maximum atomic E-state index is 13.4. The Bertz CT molecular complexity index is 1670. The predicted molar refractivity (Wildman–Crippen MR) is 129 cm³/mol. The number of hydrogen-bond donors (Lipinski definition) is 1. The number of fused-ring (bicyclic) bond motifs is 6. The van der Waals surface area contributed by atoms with Gasteiger partial charge in [0.15, 0.2) is 11.6 Å². The Morgan fingerprint density at radius 2 is 1.89 bits per heavy atom. The molecule has 11 heteroatoms. The molecule has 2 aromatic carbocycles. The molecule has 0 unspecified atom stereocenters. The highest BCUT2D eigenvalue weighted by molar-refractivity contribution is 5.84. The summed E-state index contributed by atoms with van der Waals surface area (Å²) < 4.78 is 35.8. The molecule has 0 radical (unpaired) electrons. The topological polar surface area (TPSA) is 104 Å². The fourth-order valence-electron chi connectivity index (χ4n) is 5.50. The van der Waals surface area contributed by atoms with Gasteiger partial charge in [-0.2, -0.15) is 8.78 Å². The van der Waals surface area contributed by atoms with E-state index in [1.54, 1.807) is 44.7 Å². The first-order valence-corrected chi connectivity index (χ1v) is 11.8. The zero-order valence-corrected chi connectivity index (χ0v) is 19.9. The molecule has 5 heterocycles. The smallest absolute Gasteiger partial charge is 0.387 e. The van der Waals surface area contributed by atoms with Gasteiger partial charge in [0, 0.05) is 35.5 Å². The number of nitrogens with zero attached hydrogens (tertiary/aromatic N) is 7. The lowest BCUT2D eigenvalue weighted by Crippen LogP contribution is -2.19. The van der Waals surface area contributed by atoms with Crippen LogP contribution in [0.15, 0.2) is 55.1 Å². The normalized spacial score (nSPS) is 18.0. The minimum Gasteiger partial charge on any atom is -0.434 e. The SMILES string of the molecule is CC(C)(O)c1ncc(-c2ccc3nc4n(c3c2)[C@H]2C[C@H]4n3cnnc3-c3cccc(OC(F)F)c32)cn1. The van der Waals surface area contributed by atoms with Crippen LogP contribution in [0.5, 0.6) is 5.75 Å². The van der Waals surface area contributed by atoms with Crippen LogP contribution in [0.2, 0.25) is 0 Å². The van der Waals surface area contributed by atoms with Crippen molar-refractivity contribution in [3.05, 3.63) is 72.3 Å². The lowest BCUT2D eigenvalue weighted by atomic mass is 9.97. The minimum absolute atomic E-state index is 0.120. The van der Waals surface area contributed by atoms with E-state index in [1.165, 1.54) is 0 Å². The van der Waals surface area contributed by atoms with E-state index in [2.05, 4.69) is 24.7 Å². The van der Waals surface area contributed by atoms with Crippen molar-refractivity contribution in [2.45, 2.75) is 44.6 Å². The van der Waals surface area contributed by atoms with Gasteiger partial charge in [0.25, 0.3) is 0 Å². The molecule has 2 bridgehead atoms. The monoisotopic (exact) mass is 501 g/mol. The molecule has 5 aromatic rings. The van der Waals surface area contributed by atoms with Crippen LogP contribution in [-0.4, -0.2) is 46.0 Å². The lowest BCUT2D eigenvalue weighted by molar-refractivity contribution is -0.0506. The number of alkyl halides is 2. The first-order chi connectivity index (χ1) is 17.8. The van der Waals surface area contributed by atoms with Crippen molar-refractivity contribution in [2.75, 3.05) is 0 Å². The summed E-state index contributed by atoms with van der Waals surface area (Å²) in [6.45, 7) is 0.312. The lowest BCUT2D eigenvalue weighted by Gasteiger charge is -2.21. The molecule has 0 aliphatic carbocycles. The molecule has 0 saturated heterocycles. The predicted octanol–water partition coefficient (Wildman–Crippen LogP) is 4.48. The fourth-order valence-corrected chi connectivity index (χ4v) is 5.50. The van der Waals surface area contributed by atoms with E-state index < -0.39 is 12.2 Å². The zero-order valence-electron chi connectivity index (χ0n) is 19.9. The van der Waals surface area contributed by atoms with Crippen LogP contribution in [0.1, 0.15) is 49.6 Å². The summed E-state index contributed by atoms with van der Waals surface area (Å²) in [4.78, 5) is 13.6. The number of imidazole rings is 1. The summed E-state index contributed by atoms with van der Waals surface area (Å²) in [7, 11) is 0. The summed E-state index contributed by atoms with van der Waals surface area (Å²) >= 11 is 0. The Hall–Kier alpha value is -4.25. The van der Waals surface area contributed by atoms with Gasteiger partial charge in [-0.3, -0.25) is 0 Å². The van der Waals surface area contributed by atoms with Crippen molar-refractivity contribution in [3.8, 4) is 28.3 Å². The van der Waals surface area contributed by atoms with E-state index in [9.17, 15) is 13.9 Å². The van der Waals surface area contributed by atoms with Gasteiger partial charge < -0.3 is 19.0 Å². The third-order valence-electron chi connectivity index (χ3n) is 7.07. The highest BCUT2D eigenvalue weighted by atomic mass is 19.3. The number of hydrogen-bond acceptors (Lipinski definition) is 7. The number of aliphatic hydroxyl groups is 1. The van der Waals surface area contributed by atoms with Crippen molar-refractivity contribution < 1.29 is 18.6 Å². The average Bonchev–Trinajstić information content (AvgIpc) is 3.55. The van der Waals surface area contributed by atoms with Crippen molar-refractivity contribution in [3.63, 3.8) is 0 Å². The van der Waals surface area contributed by atoms with Crippen LogP contribution in [0.4, 0.5) is 8.78 Å². The quantitative estimate of drug-likeness (QED) is 0.387. The molecule has 186 valence electrons. The van der Waals surface area contributed by atoms with Crippen LogP contribution >= 0.6 is 0 Å². The number of halogens is 2. The Morgan fingerprint density at radius 3 is 2.65 bits per heavy atom. The zero-order chi connectivity index (χ0) is 25.5. The van der Waals surface area contributed by atoms with Crippen LogP contribution in [0.3, 0.4) is 0 Å². The summed E-state index contributed by atoms with van der Waals surface area (Å²) in [5.41, 5.74) is 3.51. The fraction of sp³-hybridized carbons (Fsp3) is 0.269. The van der Waals surface area contributed by atoms with E-state index in [0.717, 1.165) is 28.0 Å². The first-order valence-electron chi connectivity index (χ1n) is 11.8. The number of rotatable bonds is 4. The first kappa shape index (κ1) is 22.0. The van der Waals surface area contributed by atoms with Crippen LogP contribution in [0.25, 0.3) is 33.5 Å². The van der Waals surface area contributed by atoms with Crippen molar-refractivity contribution in [1.29, 1.82) is 0 Å². The highest BCUT2D eigenvalue weighted by Gasteiger charge is 2.43. The second kappa shape index (κ2) is 7.62. The maximum Gasteiger partial charge on any atom is 0.387 e. The minimum atomic E-state index is -2.96. The number of benzene rings is 2. The molecule has 37 heavy (non-hydrogen) atoms. The molecule has 1 N–H and O–H groups in total. The van der Waals surface area contributed by atoms with E-state index in [4.69, 9.17) is 9.72 Å². The molecule has 9 nitrogen and oxygen atoms in total. The summed E-state index contributed by atoms with van der Waals surface area (Å²) in [5, 5.41) is 18.6. The highest BCUT2D eigenvalue weighted by Crippen LogP contribution is 2.51. The molecule has 3 aromatic heterocycles. The van der Waals surface area contributed by atoms with Gasteiger partial charge in [-0.15, -0.1) is 10.2 Å². The standard InChI is InChI=1S/C26H21F2N7O2/c1-26(2,36)24-29-10-14(11-30-24)13-6-7-16-17(8-13)35-18-9-19(23(35)32-16)34-12-31-33-22(34)15-4-3-5-20(21(15)18)37-25(27)28/h3-8,10-12,18-19,25,36H,9H2,1-2H3/t18-,19+/m0/s1. The third kappa shape index (κ3) is 3.27. The summed E-state index contributed by atoms with van der Waals surface area (Å²) in [6, 6.07) is 10.6. The van der Waals surface area contributed by atoms with Gasteiger partial charge in [0.05, 0.1) is 23.1 Å². The molecule has 2 aliphatic heterocycles. The maximum absolute atomic E-state index is 13.4. The van der Waals surface area contributed by atoms with Crippen LogP contribution < -0.4 is 4.74 Å². The van der Waals surface area contributed by atoms with Crippen molar-refractivity contribution >= 4 is 11.0 Å². The second-order valence-corrected chi connectivity index (χ2v) is 9.82. The summed E-state index contributed by atoms with van der Waals surface area (Å²) in [5.74, 6) is 1.87. The van der Waals surface area contributed by atoms with Gasteiger partial charge in [-0.05, 0) is 37.6 Å². The van der Waals surface area contributed by atoms with E-state index in [1.807, 2.05) is 28.8 Å². The number of aromatic nitrogens is 7. The molecular formula is C26H21F2N7O2. The Balaban J connectivity index is 1.43. The van der Waals surface area contributed by atoms with E-state index in [0.29, 0.717) is 29.2 Å². The van der Waals surface area contributed by atoms with Gasteiger partial charge in [-0.1, -0.05) is 18.2 Å². The van der Waals surface area contributed by atoms with Crippen LogP contribution in [0, 0.1) is 0 Å². The molecular weight excluding hydrogens is 480 g/mol. The van der Waals surface area contributed by atoms with Crippen LogP contribution in [-0.2, 0) is 5.60 Å².